The van der Waals surface area contributed by atoms with Crippen LogP contribution in [0.1, 0.15) is 26.7 Å². The number of cyclic esters (lactones) is 1. The first-order chi connectivity index (χ1) is 6.65. The van der Waals surface area contributed by atoms with E-state index in [0.29, 0.717) is 6.42 Å². The first-order valence-electron chi connectivity index (χ1n) is 5.07. The summed E-state index contributed by atoms with van der Waals surface area (Å²) < 4.78 is 10.0. The Balaban J connectivity index is 2.77. The van der Waals surface area contributed by atoms with Crippen LogP contribution in [0.2, 0.25) is 0 Å². The summed E-state index contributed by atoms with van der Waals surface area (Å²) >= 11 is 0. The first kappa shape index (κ1) is 11.5. The molecule has 0 bridgehead atoms. The van der Waals surface area contributed by atoms with Crippen molar-refractivity contribution in [2.45, 2.75) is 39.1 Å². The highest BCUT2D eigenvalue weighted by Crippen LogP contribution is 2.34. The summed E-state index contributed by atoms with van der Waals surface area (Å²) in [5, 5.41) is 9.57. The number of aliphatic hydroxyl groups excluding tert-OH is 1. The molecule has 1 aliphatic rings. The molecular formula is C10H18O4. The van der Waals surface area contributed by atoms with Gasteiger partial charge in [0.05, 0.1) is 17.9 Å². The lowest BCUT2D eigenvalue weighted by molar-refractivity contribution is -0.159. The van der Waals surface area contributed by atoms with Crippen LogP contribution in [0.4, 0.5) is 0 Å². The normalized spacial score (nSPS) is 34.3. The Bertz CT molecular complexity index is 200. The van der Waals surface area contributed by atoms with E-state index < -0.39 is 6.29 Å². The molecule has 0 aromatic heterocycles. The second-order valence-corrected chi connectivity index (χ2v) is 3.60. The molecule has 1 N–H and O–H groups in total. The highest BCUT2D eigenvalue weighted by Gasteiger charge is 2.46. The van der Waals surface area contributed by atoms with Crippen LogP contribution in [-0.4, -0.2) is 30.6 Å². The summed E-state index contributed by atoms with van der Waals surface area (Å²) in [4.78, 5) is 11.3. The Morgan fingerprint density at radius 1 is 1.57 bits per heavy atom. The highest BCUT2D eigenvalue weighted by molar-refractivity contribution is 5.75. The van der Waals surface area contributed by atoms with Gasteiger partial charge >= 0.3 is 5.97 Å². The number of hydrogen-bond acceptors (Lipinski definition) is 4. The Morgan fingerprint density at radius 3 is 2.64 bits per heavy atom. The quantitative estimate of drug-likeness (QED) is 0.689. The number of rotatable bonds is 4. The molecule has 14 heavy (non-hydrogen) atoms. The fraction of sp³-hybridized carbons (Fsp3) is 0.900. The number of ether oxygens (including phenoxy) is 2. The van der Waals surface area contributed by atoms with Gasteiger partial charge in [-0.2, -0.15) is 0 Å². The van der Waals surface area contributed by atoms with Gasteiger partial charge in [-0.25, -0.2) is 0 Å². The average Bonchev–Trinajstić information content (AvgIpc) is 2.44. The lowest BCUT2D eigenvalue weighted by atomic mass is 9.86. The van der Waals surface area contributed by atoms with E-state index in [1.807, 2.05) is 13.8 Å². The summed E-state index contributed by atoms with van der Waals surface area (Å²) in [7, 11) is 1.59. The van der Waals surface area contributed by atoms with Gasteiger partial charge in [0, 0.05) is 7.11 Å². The molecule has 1 saturated heterocycles. The Hall–Kier alpha value is -0.610. The maximum atomic E-state index is 11.3. The lowest BCUT2D eigenvalue weighted by Crippen LogP contribution is -2.33. The average molecular weight is 202 g/mol. The van der Waals surface area contributed by atoms with E-state index in [-0.39, 0.29) is 23.9 Å². The van der Waals surface area contributed by atoms with Crippen molar-refractivity contribution < 1.29 is 19.4 Å². The second-order valence-electron chi connectivity index (χ2n) is 3.60. The van der Waals surface area contributed by atoms with Crippen molar-refractivity contribution in [2.75, 3.05) is 7.11 Å². The van der Waals surface area contributed by atoms with Gasteiger partial charge in [0.25, 0.3) is 0 Å². The monoisotopic (exact) mass is 202 g/mol. The maximum absolute atomic E-state index is 11.3. The first-order valence-corrected chi connectivity index (χ1v) is 5.07. The summed E-state index contributed by atoms with van der Waals surface area (Å²) in [6.45, 7) is 3.88. The number of carbonyl (C=O) groups is 1. The van der Waals surface area contributed by atoms with Gasteiger partial charge < -0.3 is 14.6 Å². The molecule has 1 aliphatic heterocycles. The van der Waals surface area contributed by atoms with E-state index in [2.05, 4.69) is 0 Å². The molecule has 4 nitrogen and oxygen atoms in total. The SMILES string of the molecule is CCC(OC)C1C(O)OC(=O)C1CC. The van der Waals surface area contributed by atoms with Crippen LogP contribution in [0, 0.1) is 11.8 Å². The van der Waals surface area contributed by atoms with E-state index in [9.17, 15) is 9.90 Å². The predicted molar refractivity (Wildman–Crippen MR) is 50.5 cm³/mol. The summed E-state index contributed by atoms with van der Waals surface area (Å²) in [6.07, 6.45) is 0.338. The van der Waals surface area contributed by atoms with Crippen molar-refractivity contribution in [1.29, 1.82) is 0 Å². The van der Waals surface area contributed by atoms with E-state index in [1.54, 1.807) is 7.11 Å². The van der Waals surface area contributed by atoms with Crippen LogP contribution >= 0.6 is 0 Å². The largest absolute Gasteiger partial charge is 0.435 e. The lowest BCUT2D eigenvalue weighted by Gasteiger charge is -2.24. The Labute approximate surface area is 84.2 Å². The van der Waals surface area contributed by atoms with Gasteiger partial charge in [0.2, 0.25) is 6.29 Å². The van der Waals surface area contributed by atoms with Crippen molar-refractivity contribution in [1.82, 2.24) is 0 Å². The van der Waals surface area contributed by atoms with E-state index in [1.165, 1.54) is 0 Å². The number of hydrogen-bond donors (Lipinski definition) is 1. The van der Waals surface area contributed by atoms with Crippen LogP contribution in [0.3, 0.4) is 0 Å². The van der Waals surface area contributed by atoms with Crippen LogP contribution in [0.25, 0.3) is 0 Å². The number of carbonyl (C=O) groups excluding carboxylic acids is 1. The van der Waals surface area contributed by atoms with Crippen LogP contribution in [0.15, 0.2) is 0 Å². The standard InChI is InChI=1S/C10H18O4/c1-4-6-8(7(5-2)13-3)10(12)14-9(6)11/h6-8,10,12H,4-5H2,1-3H3. The topological polar surface area (TPSA) is 55.8 Å². The minimum atomic E-state index is -1.00. The molecule has 82 valence electrons. The van der Waals surface area contributed by atoms with E-state index >= 15 is 0 Å². The summed E-state index contributed by atoms with van der Waals surface area (Å²) in [5.74, 6) is -0.752. The van der Waals surface area contributed by atoms with Gasteiger partial charge in [0.15, 0.2) is 0 Å². The molecule has 4 heteroatoms. The fourth-order valence-corrected chi connectivity index (χ4v) is 2.12. The summed E-state index contributed by atoms with van der Waals surface area (Å²) in [6, 6.07) is 0. The molecule has 1 fully saturated rings. The minimum absolute atomic E-state index is 0.110. The molecule has 1 rings (SSSR count). The number of methoxy groups -OCH3 is 1. The van der Waals surface area contributed by atoms with Crippen molar-refractivity contribution in [2.24, 2.45) is 11.8 Å². The predicted octanol–water partition coefficient (Wildman–Crippen LogP) is 0.929. The van der Waals surface area contributed by atoms with Gasteiger partial charge in [0.1, 0.15) is 0 Å². The Morgan fingerprint density at radius 2 is 2.21 bits per heavy atom. The number of esters is 1. The maximum Gasteiger partial charge on any atom is 0.311 e. The van der Waals surface area contributed by atoms with Crippen molar-refractivity contribution in [3.05, 3.63) is 0 Å². The minimum Gasteiger partial charge on any atom is -0.435 e. The van der Waals surface area contributed by atoms with E-state index in [4.69, 9.17) is 9.47 Å². The molecule has 0 spiro atoms. The van der Waals surface area contributed by atoms with Gasteiger partial charge in [-0.05, 0) is 12.8 Å². The molecule has 0 aliphatic carbocycles. The molecule has 1 heterocycles. The molecule has 0 aromatic carbocycles. The summed E-state index contributed by atoms with van der Waals surface area (Å²) in [5.41, 5.74) is 0. The van der Waals surface area contributed by atoms with Crippen molar-refractivity contribution in [3.8, 4) is 0 Å². The van der Waals surface area contributed by atoms with E-state index in [0.717, 1.165) is 6.42 Å². The Kier molecular flexibility index (Phi) is 3.89. The highest BCUT2D eigenvalue weighted by atomic mass is 16.6. The molecule has 0 amide bonds. The van der Waals surface area contributed by atoms with Gasteiger partial charge in [-0.3, -0.25) is 4.79 Å². The van der Waals surface area contributed by atoms with Crippen molar-refractivity contribution in [3.63, 3.8) is 0 Å². The molecule has 4 atom stereocenters. The zero-order valence-electron chi connectivity index (χ0n) is 8.90. The molecule has 4 unspecified atom stereocenters. The van der Waals surface area contributed by atoms with Gasteiger partial charge in [-0.1, -0.05) is 13.8 Å². The smallest absolute Gasteiger partial charge is 0.311 e. The number of aliphatic hydroxyl groups is 1. The van der Waals surface area contributed by atoms with Gasteiger partial charge in [-0.15, -0.1) is 0 Å². The zero-order valence-corrected chi connectivity index (χ0v) is 8.90. The molecule has 0 radical (unpaired) electrons. The zero-order chi connectivity index (χ0) is 10.7. The molecular weight excluding hydrogens is 184 g/mol. The third kappa shape index (κ3) is 1.91. The van der Waals surface area contributed by atoms with Crippen LogP contribution in [0.5, 0.6) is 0 Å². The third-order valence-electron chi connectivity index (χ3n) is 2.91. The second kappa shape index (κ2) is 4.75. The van der Waals surface area contributed by atoms with Crippen LogP contribution in [-0.2, 0) is 14.3 Å². The van der Waals surface area contributed by atoms with Crippen LogP contribution < -0.4 is 0 Å². The fourth-order valence-electron chi connectivity index (χ4n) is 2.12. The molecule has 0 aromatic rings. The third-order valence-corrected chi connectivity index (χ3v) is 2.91. The molecule has 0 saturated carbocycles. The van der Waals surface area contributed by atoms with Crippen molar-refractivity contribution >= 4 is 5.97 Å².